The van der Waals surface area contributed by atoms with Gasteiger partial charge < -0.3 is 20.7 Å². The van der Waals surface area contributed by atoms with Crippen molar-refractivity contribution in [3.8, 4) is 5.75 Å². The number of amides is 1. The molecule has 0 aliphatic heterocycles. The van der Waals surface area contributed by atoms with E-state index in [4.69, 9.17) is 4.74 Å². The number of nitrogens with zero attached hydrogens (tertiary/aromatic N) is 1. The Balaban J connectivity index is 0.00000364. The maximum Gasteiger partial charge on any atom is 0.251 e. The van der Waals surface area contributed by atoms with Gasteiger partial charge in [0.1, 0.15) is 5.75 Å². The molecule has 1 atom stereocenters. The third-order valence-corrected chi connectivity index (χ3v) is 4.97. The quantitative estimate of drug-likeness (QED) is 0.225. The second-order valence-corrected chi connectivity index (χ2v) is 6.76. The van der Waals surface area contributed by atoms with Crippen LogP contribution < -0.4 is 20.7 Å². The largest absolute Gasteiger partial charge is 0.497 e. The van der Waals surface area contributed by atoms with Gasteiger partial charge in [-0.1, -0.05) is 19.1 Å². The lowest BCUT2D eigenvalue weighted by molar-refractivity contribution is 0.0954. The number of ether oxygens (including phenoxy) is 1. The van der Waals surface area contributed by atoms with Gasteiger partial charge in [-0.3, -0.25) is 9.79 Å². The molecule has 0 aliphatic carbocycles. The Bertz CT molecular complexity index is 722. The fourth-order valence-corrected chi connectivity index (χ4v) is 3.15. The molecule has 1 heterocycles. The Morgan fingerprint density at radius 2 is 1.96 bits per heavy atom. The van der Waals surface area contributed by atoms with Crippen molar-refractivity contribution in [2.75, 3.05) is 33.8 Å². The molecule has 27 heavy (non-hydrogen) atoms. The van der Waals surface area contributed by atoms with E-state index in [1.165, 1.54) is 4.88 Å². The van der Waals surface area contributed by atoms with Crippen molar-refractivity contribution in [2.45, 2.75) is 12.8 Å². The van der Waals surface area contributed by atoms with Crippen molar-refractivity contribution in [1.29, 1.82) is 0 Å². The smallest absolute Gasteiger partial charge is 0.251 e. The number of hydrogen-bond acceptors (Lipinski definition) is 4. The summed E-state index contributed by atoms with van der Waals surface area (Å²) in [5.74, 6) is 1.69. The predicted octanol–water partition coefficient (Wildman–Crippen LogP) is 3.07. The number of thiophene rings is 1. The molecule has 1 unspecified atom stereocenters. The van der Waals surface area contributed by atoms with E-state index < -0.39 is 0 Å². The number of carbonyl (C=O) groups is 1. The molecule has 6 nitrogen and oxygen atoms in total. The van der Waals surface area contributed by atoms with Crippen molar-refractivity contribution < 1.29 is 9.53 Å². The summed E-state index contributed by atoms with van der Waals surface area (Å²) in [6.07, 6.45) is 0. The Kier molecular flexibility index (Phi) is 10.8. The summed E-state index contributed by atoms with van der Waals surface area (Å²) >= 11 is 1.76. The number of carbonyl (C=O) groups excluding carboxylic acids is 1. The lowest BCUT2D eigenvalue weighted by atomic mass is 10.1. The number of nitrogens with one attached hydrogen (secondary N) is 3. The molecule has 1 aromatic carbocycles. The van der Waals surface area contributed by atoms with Crippen molar-refractivity contribution in [3.63, 3.8) is 0 Å². The molecule has 0 aliphatic rings. The van der Waals surface area contributed by atoms with Gasteiger partial charge in [-0.2, -0.15) is 0 Å². The number of halogens is 1. The van der Waals surface area contributed by atoms with Crippen LogP contribution in [0.2, 0.25) is 0 Å². The topological polar surface area (TPSA) is 74.8 Å². The van der Waals surface area contributed by atoms with Crippen molar-refractivity contribution in [2.24, 2.45) is 4.99 Å². The van der Waals surface area contributed by atoms with Crippen LogP contribution >= 0.6 is 35.3 Å². The molecule has 8 heteroatoms. The average Bonchev–Trinajstić information content (AvgIpc) is 3.22. The van der Waals surface area contributed by atoms with E-state index in [-0.39, 0.29) is 29.9 Å². The third-order valence-electron chi connectivity index (χ3n) is 3.86. The first-order valence-electron chi connectivity index (χ1n) is 8.54. The lowest BCUT2D eigenvalue weighted by Crippen LogP contribution is -2.42. The van der Waals surface area contributed by atoms with Crippen LogP contribution in [-0.2, 0) is 0 Å². The van der Waals surface area contributed by atoms with Gasteiger partial charge in [-0.05, 0) is 29.6 Å². The second kappa shape index (κ2) is 12.6. The van der Waals surface area contributed by atoms with Gasteiger partial charge in [0.2, 0.25) is 0 Å². The highest BCUT2D eigenvalue weighted by molar-refractivity contribution is 14.0. The van der Waals surface area contributed by atoms with E-state index in [1.807, 2.05) is 6.07 Å². The second-order valence-electron chi connectivity index (χ2n) is 5.78. The van der Waals surface area contributed by atoms with Gasteiger partial charge in [-0.15, -0.1) is 35.3 Å². The fraction of sp³-hybridized carbons (Fsp3) is 0.368. The van der Waals surface area contributed by atoms with Crippen molar-refractivity contribution in [1.82, 2.24) is 16.0 Å². The van der Waals surface area contributed by atoms with E-state index in [0.29, 0.717) is 30.3 Å². The highest BCUT2D eigenvalue weighted by atomic mass is 127. The van der Waals surface area contributed by atoms with Crippen LogP contribution in [-0.4, -0.2) is 45.7 Å². The summed E-state index contributed by atoms with van der Waals surface area (Å²) in [5.41, 5.74) is 0.580. The number of hydrogen-bond donors (Lipinski definition) is 3. The summed E-state index contributed by atoms with van der Waals surface area (Å²) in [4.78, 5) is 17.7. The molecule has 0 fully saturated rings. The molecular weight excluding hydrogens is 475 g/mol. The SMILES string of the molecule is CN=C(NCCNC(=O)c1cccc(OC)c1)NCC(C)c1cccs1.I. The maximum atomic E-state index is 12.1. The molecule has 0 spiro atoms. The molecule has 148 valence electrons. The van der Waals surface area contributed by atoms with Crippen LogP contribution in [0.1, 0.15) is 28.1 Å². The molecule has 1 aromatic heterocycles. The van der Waals surface area contributed by atoms with Crippen LogP contribution in [0.25, 0.3) is 0 Å². The standard InChI is InChI=1S/C19H26N4O2S.HI/c1-14(17-8-5-11-26-17)13-23-19(20-2)22-10-9-21-18(24)15-6-4-7-16(12-15)25-3;/h4-8,11-12,14H,9-10,13H2,1-3H3,(H,21,24)(H2,20,22,23);1H. The normalized spacial score (nSPS) is 11.9. The highest BCUT2D eigenvalue weighted by Crippen LogP contribution is 2.19. The minimum atomic E-state index is -0.125. The zero-order valence-electron chi connectivity index (χ0n) is 15.8. The van der Waals surface area contributed by atoms with Crippen LogP contribution in [0.3, 0.4) is 0 Å². The van der Waals surface area contributed by atoms with Crippen molar-refractivity contribution in [3.05, 3.63) is 52.2 Å². The number of methoxy groups -OCH3 is 1. The van der Waals surface area contributed by atoms with Gasteiger partial charge >= 0.3 is 0 Å². The number of rotatable bonds is 8. The molecule has 2 aromatic rings. The summed E-state index contributed by atoms with van der Waals surface area (Å²) in [6.45, 7) is 4.07. The van der Waals surface area contributed by atoms with Crippen LogP contribution in [0.5, 0.6) is 5.75 Å². The summed E-state index contributed by atoms with van der Waals surface area (Å²) < 4.78 is 5.13. The summed E-state index contributed by atoms with van der Waals surface area (Å²) in [7, 11) is 3.32. The number of aliphatic imine (C=N–C) groups is 1. The molecule has 0 saturated carbocycles. The summed E-state index contributed by atoms with van der Waals surface area (Å²) in [6, 6.07) is 11.3. The molecule has 1 amide bonds. The Morgan fingerprint density at radius 3 is 2.63 bits per heavy atom. The lowest BCUT2D eigenvalue weighted by Gasteiger charge is -2.15. The Labute approximate surface area is 181 Å². The molecule has 0 bridgehead atoms. The van der Waals surface area contributed by atoms with E-state index in [2.05, 4.69) is 45.4 Å². The number of benzene rings is 1. The third kappa shape index (κ3) is 7.76. The molecule has 3 N–H and O–H groups in total. The minimum Gasteiger partial charge on any atom is -0.497 e. The zero-order chi connectivity index (χ0) is 18.8. The fourth-order valence-electron chi connectivity index (χ4n) is 2.37. The minimum absolute atomic E-state index is 0. The van der Waals surface area contributed by atoms with Crippen LogP contribution in [0.15, 0.2) is 46.8 Å². The Hall–Kier alpha value is -1.81. The van der Waals surface area contributed by atoms with E-state index in [0.717, 1.165) is 12.5 Å². The first kappa shape index (κ1) is 23.2. The zero-order valence-corrected chi connectivity index (χ0v) is 19.0. The maximum absolute atomic E-state index is 12.1. The van der Waals surface area contributed by atoms with E-state index >= 15 is 0 Å². The van der Waals surface area contributed by atoms with Crippen LogP contribution in [0.4, 0.5) is 0 Å². The molecular formula is C19H27IN4O2S. The predicted molar refractivity (Wildman–Crippen MR) is 123 cm³/mol. The van der Waals surface area contributed by atoms with Gasteiger partial charge in [0, 0.05) is 43.0 Å². The Morgan fingerprint density at radius 1 is 1.19 bits per heavy atom. The molecule has 0 saturated heterocycles. The number of guanidine groups is 1. The van der Waals surface area contributed by atoms with Gasteiger partial charge in [0.05, 0.1) is 7.11 Å². The van der Waals surface area contributed by atoms with E-state index in [1.54, 1.807) is 43.7 Å². The van der Waals surface area contributed by atoms with Crippen LogP contribution in [0, 0.1) is 0 Å². The van der Waals surface area contributed by atoms with Gasteiger partial charge in [-0.25, -0.2) is 0 Å². The summed E-state index contributed by atoms with van der Waals surface area (Å²) in [5, 5.41) is 11.5. The first-order valence-corrected chi connectivity index (χ1v) is 9.42. The molecule has 0 radical (unpaired) electrons. The van der Waals surface area contributed by atoms with Gasteiger partial charge in [0.25, 0.3) is 5.91 Å². The molecule has 2 rings (SSSR count). The monoisotopic (exact) mass is 502 g/mol. The average molecular weight is 502 g/mol. The van der Waals surface area contributed by atoms with Crippen molar-refractivity contribution >= 4 is 47.2 Å². The van der Waals surface area contributed by atoms with Gasteiger partial charge in [0.15, 0.2) is 5.96 Å². The highest BCUT2D eigenvalue weighted by Gasteiger charge is 2.08. The van der Waals surface area contributed by atoms with E-state index in [9.17, 15) is 4.79 Å². The first-order chi connectivity index (χ1) is 12.6.